The molecule has 0 aromatic heterocycles. The predicted octanol–water partition coefficient (Wildman–Crippen LogP) is 5.25. The molecule has 0 spiro atoms. The van der Waals surface area contributed by atoms with Gasteiger partial charge >= 0.3 is 0 Å². The molecular formula is C22H17Cl2N3O5. The lowest BCUT2D eigenvalue weighted by molar-refractivity contribution is -0.384. The molecule has 1 amide bonds. The number of non-ortho nitro benzene ring substituents is 1. The Labute approximate surface area is 193 Å². The fraction of sp³-hybridized carbons (Fsp3) is 0.0909. The summed E-state index contributed by atoms with van der Waals surface area (Å²) in [6.07, 6.45) is 1.36. The molecule has 3 aromatic carbocycles. The SMILES string of the molecule is COc1cc(/C=N\NC(=O)c2cccc([N+](=O)[O-])c2)cc(Cl)c1OCc1ccccc1Cl. The van der Waals surface area contributed by atoms with E-state index in [2.05, 4.69) is 10.5 Å². The molecule has 0 saturated carbocycles. The standard InChI is InChI=1S/C22H17Cl2N3O5/c1-31-20-10-14(9-19(24)21(20)32-13-16-5-2-3-8-18(16)23)12-25-26-22(28)15-6-4-7-17(11-15)27(29)30/h2-12H,13H2,1H3,(H,26,28)/b25-12-. The molecular weight excluding hydrogens is 457 g/mol. The number of nitro benzene ring substituents is 1. The number of hydrazone groups is 1. The molecule has 0 unspecified atom stereocenters. The minimum atomic E-state index is -0.595. The van der Waals surface area contributed by atoms with Gasteiger partial charge in [0.1, 0.15) is 6.61 Å². The highest BCUT2D eigenvalue weighted by Crippen LogP contribution is 2.37. The van der Waals surface area contributed by atoms with Gasteiger partial charge < -0.3 is 9.47 Å². The van der Waals surface area contributed by atoms with Crippen molar-refractivity contribution in [3.8, 4) is 11.5 Å². The first kappa shape index (κ1) is 23.1. The van der Waals surface area contributed by atoms with Crippen LogP contribution in [0.1, 0.15) is 21.5 Å². The first-order valence-corrected chi connectivity index (χ1v) is 9.96. The predicted molar refractivity (Wildman–Crippen MR) is 122 cm³/mol. The van der Waals surface area contributed by atoms with Crippen LogP contribution in [0.2, 0.25) is 10.0 Å². The minimum Gasteiger partial charge on any atom is -0.493 e. The molecule has 0 aliphatic rings. The molecule has 0 atom stereocenters. The van der Waals surface area contributed by atoms with E-state index < -0.39 is 10.8 Å². The Kier molecular flexibility index (Phi) is 7.64. The van der Waals surface area contributed by atoms with Crippen molar-refractivity contribution >= 4 is 41.0 Å². The van der Waals surface area contributed by atoms with Crippen LogP contribution in [0.15, 0.2) is 65.8 Å². The fourth-order valence-corrected chi connectivity index (χ4v) is 3.17. The number of hydrogen-bond acceptors (Lipinski definition) is 6. The van der Waals surface area contributed by atoms with E-state index >= 15 is 0 Å². The van der Waals surface area contributed by atoms with Crippen molar-refractivity contribution in [2.75, 3.05) is 7.11 Å². The van der Waals surface area contributed by atoms with E-state index in [9.17, 15) is 14.9 Å². The van der Waals surface area contributed by atoms with E-state index in [1.807, 2.05) is 18.2 Å². The average molecular weight is 474 g/mol. The van der Waals surface area contributed by atoms with Gasteiger partial charge in [0, 0.05) is 28.3 Å². The summed E-state index contributed by atoms with van der Waals surface area (Å²) in [6.45, 7) is 0.197. The van der Waals surface area contributed by atoms with Gasteiger partial charge in [-0.3, -0.25) is 14.9 Å². The summed E-state index contributed by atoms with van der Waals surface area (Å²) in [5, 5.41) is 15.6. The fourth-order valence-electron chi connectivity index (χ4n) is 2.71. The third-order valence-corrected chi connectivity index (χ3v) is 4.93. The maximum atomic E-state index is 12.2. The van der Waals surface area contributed by atoms with E-state index in [0.717, 1.165) is 11.6 Å². The van der Waals surface area contributed by atoms with Gasteiger partial charge in [0.2, 0.25) is 0 Å². The van der Waals surface area contributed by atoms with Gasteiger partial charge in [0.15, 0.2) is 11.5 Å². The van der Waals surface area contributed by atoms with Crippen molar-refractivity contribution in [3.05, 3.63) is 97.5 Å². The summed E-state index contributed by atoms with van der Waals surface area (Å²) < 4.78 is 11.2. The Morgan fingerprint density at radius 3 is 2.62 bits per heavy atom. The van der Waals surface area contributed by atoms with Crippen LogP contribution in [0, 0.1) is 10.1 Å². The average Bonchev–Trinajstić information content (AvgIpc) is 2.79. The Bertz CT molecular complexity index is 1180. The highest BCUT2D eigenvalue weighted by Gasteiger charge is 2.13. The summed E-state index contributed by atoms with van der Waals surface area (Å²) in [5.41, 5.74) is 3.57. The largest absolute Gasteiger partial charge is 0.493 e. The Morgan fingerprint density at radius 2 is 1.91 bits per heavy atom. The number of rotatable bonds is 8. The quantitative estimate of drug-likeness (QED) is 0.273. The lowest BCUT2D eigenvalue weighted by atomic mass is 10.2. The van der Waals surface area contributed by atoms with Crippen LogP contribution in [0.25, 0.3) is 0 Å². The molecule has 3 rings (SSSR count). The lowest BCUT2D eigenvalue weighted by Gasteiger charge is -2.14. The van der Waals surface area contributed by atoms with Crippen molar-refractivity contribution in [3.63, 3.8) is 0 Å². The van der Waals surface area contributed by atoms with Crippen LogP contribution in [0.3, 0.4) is 0 Å². The van der Waals surface area contributed by atoms with Crippen molar-refractivity contribution in [2.24, 2.45) is 5.10 Å². The van der Waals surface area contributed by atoms with E-state index in [1.165, 1.54) is 31.5 Å². The van der Waals surface area contributed by atoms with Crippen LogP contribution in [0.4, 0.5) is 5.69 Å². The zero-order chi connectivity index (χ0) is 23.1. The summed E-state index contributed by atoms with van der Waals surface area (Å²) in [7, 11) is 1.47. The molecule has 0 heterocycles. The van der Waals surface area contributed by atoms with Gasteiger partial charge in [-0.25, -0.2) is 5.43 Å². The topological polar surface area (TPSA) is 103 Å². The summed E-state index contributed by atoms with van der Waals surface area (Å²) in [6, 6.07) is 15.8. The Morgan fingerprint density at radius 1 is 1.12 bits per heavy atom. The number of halogens is 2. The first-order valence-electron chi connectivity index (χ1n) is 9.20. The van der Waals surface area contributed by atoms with E-state index in [-0.39, 0.29) is 22.9 Å². The second-order valence-electron chi connectivity index (χ2n) is 6.42. The number of hydrogen-bond donors (Lipinski definition) is 1. The molecule has 0 aliphatic heterocycles. The number of nitrogens with one attached hydrogen (secondary N) is 1. The monoisotopic (exact) mass is 473 g/mol. The second-order valence-corrected chi connectivity index (χ2v) is 7.24. The smallest absolute Gasteiger partial charge is 0.271 e. The number of nitrogens with zero attached hydrogens (tertiary/aromatic N) is 2. The first-order chi connectivity index (χ1) is 15.4. The molecule has 0 bridgehead atoms. The summed E-state index contributed by atoms with van der Waals surface area (Å²) >= 11 is 12.5. The highest BCUT2D eigenvalue weighted by molar-refractivity contribution is 6.32. The maximum absolute atomic E-state index is 12.2. The van der Waals surface area contributed by atoms with Gasteiger partial charge in [-0.1, -0.05) is 47.5 Å². The number of ether oxygens (including phenoxy) is 2. The van der Waals surface area contributed by atoms with Crippen molar-refractivity contribution < 1.29 is 19.2 Å². The normalized spacial score (nSPS) is 10.7. The highest BCUT2D eigenvalue weighted by atomic mass is 35.5. The molecule has 8 nitrogen and oxygen atoms in total. The van der Waals surface area contributed by atoms with Gasteiger partial charge in [0.25, 0.3) is 11.6 Å². The summed E-state index contributed by atoms with van der Waals surface area (Å²) in [5.74, 6) is 0.116. The number of amides is 1. The van der Waals surface area contributed by atoms with Crippen LogP contribution in [-0.4, -0.2) is 24.2 Å². The maximum Gasteiger partial charge on any atom is 0.271 e. The van der Waals surface area contributed by atoms with Crippen molar-refractivity contribution in [1.29, 1.82) is 0 Å². The van der Waals surface area contributed by atoms with E-state index in [1.54, 1.807) is 18.2 Å². The van der Waals surface area contributed by atoms with Gasteiger partial charge in [-0.05, 0) is 29.8 Å². The third kappa shape index (κ3) is 5.75. The van der Waals surface area contributed by atoms with Crippen molar-refractivity contribution in [2.45, 2.75) is 6.61 Å². The third-order valence-electron chi connectivity index (χ3n) is 4.28. The number of carbonyl (C=O) groups is 1. The molecule has 0 radical (unpaired) electrons. The van der Waals surface area contributed by atoms with Crippen molar-refractivity contribution in [1.82, 2.24) is 5.43 Å². The van der Waals surface area contributed by atoms with Crippen LogP contribution < -0.4 is 14.9 Å². The van der Waals surface area contributed by atoms with Crippen LogP contribution >= 0.6 is 23.2 Å². The Balaban J connectivity index is 1.70. The lowest BCUT2D eigenvalue weighted by Crippen LogP contribution is -2.17. The molecule has 1 N–H and O–H groups in total. The molecule has 0 aliphatic carbocycles. The molecule has 0 fully saturated rings. The van der Waals surface area contributed by atoms with Gasteiger partial charge in [0.05, 0.1) is 23.3 Å². The molecule has 3 aromatic rings. The summed E-state index contributed by atoms with van der Waals surface area (Å²) in [4.78, 5) is 22.4. The molecule has 164 valence electrons. The number of methoxy groups -OCH3 is 1. The minimum absolute atomic E-state index is 0.107. The number of nitro groups is 1. The second kappa shape index (κ2) is 10.6. The molecule has 0 saturated heterocycles. The van der Waals surface area contributed by atoms with Gasteiger partial charge in [-0.2, -0.15) is 5.10 Å². The molecule has 32 heavy (non-hydrogen) atoms. The van der Waals surface area contributed by atoms with E-state index in [0.29, 0.717) is 22.1 Å². The van der Waals surface area contributed by atoms with Crippen LogP contribution in [0.5, 0.6) is 11.5 Å². The zero-order valence-corrected chi connectivity index (χ0v) is 18.3. The molecule has 10 heteroatoms. The van der Waals surface area contributed by atoms with E-state index in [4.69, 9.17) is 32.7 Å². The van der Waals surface area contributed by atoms with Crippen LogP contribution in [-0.2, 0) is 6.61 Å². The number of benzene rings is 3. The van der Waals surface area contributed by atoms with Gasteiger partial charge in [-0.15, -0.1) is 0 Å². The zero-order valence-electron chi connectivity index (χ0n) is 16.7. The number of carbonyl (C=O) groups excluding carboxylic acids is 1. The Hall–Kier alpha value is -3.62.